The van der Waals surface area contributed by atoms with Crippen LogP contribution in [0.5, 0.6) is 11.5 Å². The van der Waals surface area contributed by atoms with Gasteiger partial charge in [0.15, 0.2) is 11.6 Å². The van der Waals surface area contributed by atoms with Gasteiger partial charge in [-0.1, -0.05) is 36.4 Å². The van der Waals surface area contributed by atoms with E-state index in [-0.39, 0.29) is 17.9 Å². The number of hydrogen-bond donors (Lipinski definition) is 0. The lowest BCUT2D eigenvalue weighted by Gasteiger charge is -2.15. The van der Waals surface area contributed by atoms with E-state index in [9.17, 15) is 26.0 Å². The Balaban J connectivity index is 1.84. The van der Waals surface area contributed by atoms with Crippen LogP contribution in [-0.4, -0.2) is 13.9 Å². The van der Waals surface area contributed by atoms with Gasteiger partial charge in [-0.05, 0) is 65.9 Å². The van der Waals surface area contributed by atoms with E-state index in [4.69, 9.17) is 4.74 Å². The molecule has 0 fully saturated rings. The van der Waals surface area contributed by atoms with Gasteiger partial charge in [-0.2, -0.15) is 21.6 Å². The van der Waals surface area contributed by atoms with Crippen molar-refractivity contribution in [1.29, 1.82) is 0 Å². The maximum atomic E-state index is 14.5. The summed E-state index contributed by atoms with van der Waals surface area (Å²) in [6.45, 7) is 3.15. The number of aryl methyl sites for hydroxylation is 2. The second-order valence-corrected chi connectivity index (χ2v) is 8.37. The van der Waals surface area contributed by atoms with Crippen molar-refractivity contribution in [3.05, 3.63) is 83.2 Å². The molecule has 3 rings (SSSR count). The van der Waals surface area contributed by atoms with Crippen molar-refractivity contribution in [1.82, 2.24) is 0 Å². The lowest BCUT2D eigenvalue weighted by molar-refractivity contribution is -0.0500. The summed E-state index contributed by atoms with van der Waals surface area (Å²) in [5.74, 6) is -0.995. The molecular formula is C22H18F4O4S. The summed E-state index contributed by atoms with van der Waals surface area (Å²) in [7, 11) is -5.79. The van der Waals surface area contributed by atoms with Gasteiger partial charge in [0, 0.05) is 0 Å². The molecule has 0 spiro atoms. The molecule has 4 nitrogen and oxygen atoms in total. The number of rotatable bonds is 6. The van der Waals surface area contributed by atoms with Gasteiger partial charge >= 0.3 is 15.6 Å². The Kier molecular flexibility index (Phi) is 6.26. The Morgan fingerprint density at radius 3 is 2.16 bits per heavy atom. The molecule has 0 aliphatic heterocycles. The van der Waals surface area contributed by atoms with Crippen molar-refractivity contribution >= 4 is 10.1 Å². The summed E-state index contributed by atoms with van der Waals surface area (Å²) in [6.07, 6.45) is 0. The van der Waals surface area contributed by atoms with Crippen LogP contribution in [0, 0.1) is 19.7 Å². The molecule has 9 heteroatoms. The molecule has 0 amide bonds. The fourth-order valence-electron chi connectivity index (χ4n) is 2.88. The highest BCUT2D eigenvalue weighted by Gasteiger charge is 2.48. The number of alkyl halides is 3. The molecule has 164 valence electrons. The van der Waals surface area contributed by atoms with E-state index in [1.165, 1.54) is 31.2 Å². The fourth-order valence-corrected chi connectivity index (χ4v) is 3.39. The molecule has 0 aliphatic carbocycles. The third-order valence-corrected chi connectivity index (χ3v) is 5.45. The SMILES string of the molecule is Cc1cc(-c2ccc(OCc3ccccc3)c(F)c2)c(C)cc1OS(=O)(=O)C(F)(F)F. The molecule has 0 heterocycles. The first-order valence-electron chi connectivity index (χ1n) is 9.06. The molecule has 0 bridgehead atoms. The van der Waals surface area contributed by atoms with E-state index >= 15 is 0 Å². The second-order valence-electron chi connectivity index (χ2n) is 6.84. The smallest absolute Gasteiger partial charge is 0.486 e. The van der Waals surface area contributed by atoms with Gasteiger partial charge in [0.1, 0.15) is 12.4 Å². The molecule has 0 atom stereocenters. The van der Waals surface area contributed by atoms with Gasteiger partial charge < -0.3 is 8.92 Å². The molecule has 0 unspecified atom stereocenters. The van der Waals surface area contributed by atoms with Crippen molar-refractivity contribution in [2.75, 3.05) is 0 Å². The number of halogens is 4. The molecular weight excluding hydrogens is 436 g/mol. The van der Waals surface area contributed by atoms with Crippen molar-refractivity contribution in [3.8, 4) is 22.6 Å². The summed E-state index contributed by atoms with van der Waals surface area (Å²) in [4.78, 5) is 0. The molecule has 0 saturated carbocycles. The van der Waals surface area contributed by atoms with E-state index in [0.29, 0.717) is 16.7 Å². The van der Waals surface area contributed by atoms with Gasteiger partial charge in [-0.15, -0.1) is 0 Å². The number of benzene rings is 3. The minimum atomic E-state index is -5.79. The topological polar surface area (TPSA) is 52.6 Å². The highest BCUT2D eigenvalue weighted by Crippen LogP contribution is 2.35. The van der Waals surface area contributed by atoms with Crippen LogP contribution in [0.15, 0.2) is 60.7 Å². The maximum Gasteiger partial charge on any atom is 0.534 e. The van der Waals surface area contributed by atoms with E-state index in [1.54, 1.807) is 13.0 Å². The normalized spacial score (nSPS) is 11.9. The zero-order chi connectivity index (χ0) is 22.8. The molecule has 3 aromatic carbocycles. The van der Waals surface area contributed by atoms with Gasteiger partial charge in [0.05, 0.1) is 0 Å². The van der Waals surface area contributed by atoms with Crippen LogP contribution in [0.4, 0.5) is 17.6 Å². The van der Waals surface area contributed by atoms with Crippen LogP contribution in [0.1, 0.15) is 16.7 Å². The third kappa shape index (κ3) is 5.16. The Hall–Kier alpha value is -3.07. The first-order valence-corrected chi connectivity index (χ1v) is 10.5. The van der Waals surface area contributed by atoms with E-state index in [2.05, 4.69) is 4.18 Å². The van der Waals surface area contributed by atoms with Gasteiger partial charge in [-0.3, -0.25) is 0 Å². The Bertz CT molecular complexity index is 1190. The lowest BCUT2D eigenvalue weighted by Crippen LogP contribution is -2.28. The highest BCUT2D eigenvalue weighted by atomic mass is 32.2. The monoisotopic (exact) mass is 454 g/mol. The van der Waals surface area contributed by atoms with Gasteiger partial charge in [0.2, 0.25) is 0 Å². The standard InChI is InChI=1S/C22H18F4O4S/c1-14-11-21(30-31(27,28)22(24,25)26)15(2)10-18(14)17-8-9-20(19(23)12-17)29-13-16-6-4-3-5-7-16/h3-12H,13H2,1-2H3. The van der Waals surface area contributed by atoms with Crippen molar-refractivity contribution < 1.29 is 34.9 Å². The van der Waals surface area contributed by atoms with Gasteiger partial charge in [-0.25, -0.2) is 4.39 Å². The van der Waals surface area contributed by atoms with Crippen molar-refractivity contribution in [2.45, 2.75) is 26.0 Å². The average Bonchev–Trinajstić information content (AvgIpc) is 2.69. The van der Waals surface area contributed by atoms with E-state index in [1.807, 2.05) is 30.3 Å². The van der Waals surface area contributed by atoms with Crippen LogP contribution in [0.3, 0.4) is 0 Å². The lowest BCUT2D eigenvalue weighted by atomic mass is 9.97. The highest BCUT2D eigenvalue weighted by molar-refractivity contribution is 7.88. The fraction of sp³-hybridized carbons (Fsp3) is 0.182. The number of ether oxygens (including phenoxy) is 1. The van der Waals surface area contributed by atoms with E-state index < -0.39 is 27.2 Å². The minimum Gasteiger partial charge on any atom is -0.486 e. The van der Waals surface area contributed by atoms with Gasteiger partial charge in [0.25, 0.3) is 0 Å². The maximum absolute atomic E-state index is 14.5. The first kappa shape index (κ1) is 22.6. The van der Waals surface area contributed by atoms with Crippen LogP contribution in [0.25, 0.3) is 11.1 Å². The molecule has 0 aliphatic rings. The predicted molar refractivity (Wildman–Crippen MR) is 108 cm³/mol. The second kappa shape index (κ2) is 8.58. The predicted octanol–water partition coefficient (Wildman–Crippen LogP) is 5.92. The Morgan fingerprint density at radius 1 is 0.871 bits per heavy atom. The summed E-state index contributed by atoms with van der Waals surface area (Å²) in [5.41, 5.74) is -3.13. The largest absolute Gasteiger partial charge is 0.534 e. The Morgan fingerprint density at radius 2 is 1.55 bits per heavy atom. The molecule has 0 aromatic heterocycles. The minimum absolute atomic E-state index is 0.0539. The quantitative estimate of drug-likeness (QED) is 0.264. The van der Waals surface area contributed by atoms with Crippen LogP contribution in [0.2, 0.25) is 0 Å². The summed E-state index contributed by atoms with van der Waals surface area (Å²) in [6, 6.07) is 16.2. The molecule has 31 heavy (non-hydrogen) atoms. The summed E-state index contributed by atoms with van der Waals surface area (Å²) >= 11 is 0. The van der Waals surface area contributed by atoms with E-state index in [0.717, 1.165) is 5.56 Å². The zero-order valence-corrected chi connectivity index (χ0v) is 17.4. The van der Waals surface area contributed by atoms with Crippen LogP contribution >= 0.6 is 0 Å². The molecule has 0 N–H and O–H groups in total. The summed E-state index contributed by atoms with van der Waals surface area (Å²) < 4.78 is 84.6. The third-order valence-electron chi connectivity index (χ3n) is 4.48. The first-order chi connectivity index (χ1) is 14.5. The zero-order valence-electron chi connectivity index (χ0n) is 16.5. The average molecular weight is 454 g/mol. The van der Waals surface area contributed by atoms with Crippen LogP contribution < -0.4 is 8.92 Å². The number of hydrogen-bond acceptors (Lipinski definition) is 4. The summed E-state index contributed by atoms with van der Waals surface area (Å²) in [5, 5.41) is 0. The Labute approximate surface area is 177 Å². The van der Waals surface area contributed by atoms with Crippen molar-refractivity contribution in [2.24, 2.45) is 0 Å². The molecule has 3 aromatic rings. The molecule has 0 radical (unpaired) electrons. The molecule has 0 saturated heterocycles. The van der Waals surface area contributed by atoms with Crippen molar-refractivity contribution in [3.63, 3.8) is 0 Å². The van der Waals surface area contributed by atoms with Crippen LogP contribution in [-0.2, 0) is 16.7 Å².